The highest BCUT2D eigenvalue weighted by atomic mass is 32.2. The van der Waals surface area contributed by atoms with Gasteiger partial charge >= 0.3 is 5.97 Å². The van der Waals surface area contributed by atoms with E-state index in [4.69, 9.17) is 9.47 Å². The van der Waals surface area contributed by atoms with Gasteiger partial charge in [-0.15, -0.1) is 0 Å². The monoisotopic (exact) mass is 539 g/mol. The Morgan fingerprint density at radius 3 is 2.35 bits per heavy atom. The third-order valence-corrected chi connectivity index (χ3v) is 8.52. The SMILES string of the molecule is COC(=O)Cn1c(=NC(=O)c2ccc(S(=O)(=O)N(C)Cc3ccccc3)cc2)sc2cc(OC)ccc21. The molecule has 0 atom stereocenters. The van der Waals surface area contributed by atoms with Crippen LogP contribution < -0.4 is 9.54 Å². The number of aromatic nitrogens is 1. The lowest BCUT2D eigenvalue weighted by atomic mass is 10.2. The van der Waals surface area contributed by atoms with Crippen molar-refractivity contribution < 1.29 is 27.5 Å². The van der Waals surface area contributed by atoms with Gasteiger partial charge in [-0.3, -0.25) is 9.59 Å². The smallest absolute Gasteiger partial charge is 0.325 e. The number of rotatable bonds is 8. The number of benzene rings is 3. The molecule has 0 radical (unpaired) electrons. The third kappa shape index (κ3) is 5.79. The molecule has 0 aliphatic rings. The number of fused-ring (bicyclic) bond motifs is 1. The lowest BCUT2D eigenvalue weighted by Gasteiger charge is -2.17. The second kappa shape index (κ2) is 11.1. The highest BCUT2D eigenvalue weighted by Crippen LogP contribution is 2.23. The van der Waals surface area contributed by atoms with Crippen molar-refractivity contribution in [1.82, 2.24) is 8.87 Å². The average molecular weight is 540 g/mol. The van der Waals surface area contributed by atoms with Gasteiger partial charge in [0.05, 0.1) is 29.3 Å². The molecule has 0 saturated carbocycles. The first-order valence-electron chi connectivity index (χ1n) is 11.2. The zero-order valence-electron chi connectivity index (χ0n) is 20.5. The standard InChI is InChI=1S/C26H25N3O6S2/c1-28(16-18-7-5-4-6-8-18)37(32,33)21-12-9-19(10-13-21)25(31)27-26-29(17-24(30)35-3)22-14-11-20(34-2)15-23(22)36-26/h4-15H,16-17H2,1-3H3. The van der Waals surface area contributed by atoms with Gasteiger partial charge in [0.15, 0.2) is 4.80 Å². The molecule has 1 heterocycles. The van der Waals surface area contributed by atoms with Crippen molar-refractivity contribution in [3.63, 3.8) is 0 Å². The molecule has 9 nitrogen and oxygen atoms in total. The van der Waals surface area contributed by atoms with E-state index in [-0.39, 0.29) is 23.5 Å². The van der Waals surface area contributed by atoms with E-state index in [1.165, 1.54) is 54.1 Å². The summed E-state index contributed by atoms with van der Waals surface area (Å²) >= 11 is 1.23. The molecule has 0 N–H and O–H groups in total. The zero-order valence-corrected chi connectivity index (χ0v) is 22.1. The maximum atomic E-state index is 13.0. The van der Waals surface area contributed by atoms with Gasteiger partial charge in [0.1, 0.15) is 12.3 Å². The van der Waals surface area contributed by atoms with E-state index in [0.29, 0.717) is 16.1 Å². The molecule has 11 heteroatoms. The number of hydrogen-bond acceptors (Lipinski definition) is 7. The van der Waals surface area contributed by atoms with E-state index in [1.807, 2.05) is 30.3 Å². The van der Waals surface area contributed by atoms with Crippen LogP contribution in [-0.2, 0) is 32.6 Å². The fraction of sp³-hybridized carbons (Fsp3) is 0.192. The molecule has 0 aliphatic carbocycles. The van der Waals surface area contributed by atoms with Gasteiger partial charge in [-0.05, 0) is 48.0 Å². The lowest BCUT2D eigenvalue weighted by Crippen LogP contribution is -2.26. The zero-order chi connectivity index (χ0) is 26.6. The van der Waals surface area contributed by atoms with Crippen molar-refractivity contribution >= 4 is 43.5 Å². The minimum Gasteiger partial charge on any atom is -0.497 e. The third-order valence-electron chi connectivity index (χ3n) is 5.66. The highest BCUT2D eigenvalue weighted by Gasteiger charge is 2.21. The van der Waals surface area contributed by atoms with Gasteiger partial charge in [-0.25, -0.2) is 8.42 Å². The van der Waals surface area contributed by atoms with E-state index >= 15 is 0 Å². The summed E-state index contributed by atoms with van der Waals surface area (Å²) < 4.78 is 39.7. The number of thiazole rings is 1. The molecule has 1 amide bonds. The average Bonchev–Trinajstić information content (AvgIpc) is 3.24. The summed E-state index contributed by atoms with van der Waals surface area (Å²) in [5.41, 5.74) is 1.77. The first kappa shape index (κ1) is 26.3. The van der Waals surface area contributed by atoms with Crippen molar-refractivity contribution in [1.29, 1.82) is 0 Å². The summed E-state index contributed by atoms with van der Waals surface area (Å²) in [6.07, 6.45) is 0. The van der Waals surface area contributed by atoms with Crippen LogP contribution in [0.15, 0.2) is 82.7 Å². The van der Waals surface area contributed by atoms with Crippen molar-refractivity contribution in [2.75, 3.05) is 21.3 Å². The van der Waals surface area contributed by atoms with Crippen LogP contribution in [0.3, 0.4) is 0 Å². The molecular weight excluding hydrogens is 514 g/mol. The summed E-state index contributed by atoms with van der Waals surface area (Å²) in [6, 6.07) is 20.2. The Morgan fingerprint density at radius 2 is 1.70 bits per heavy atom. The van der Waals surface area contributed by atoms with Crippen molar-refractivity contribution in [2.45, 2.75) is 18.0 Å². The quantitative estimate of drug-likeness (QED) is 0.318. The van der Waals surface area contributed by atoms with Crippen LogP contribution in [0.4, 0.5) is 0 Å². The molecule has 192 valence electrons. The molecule has 0 bridgehead atoms. The molecule has 0 saturated heterocycles. The number of sulfonamides is 1. The van der Waals surface area contributed by atoms with Gasteiger partial charge in [0.2, 0.25) is 10.0 Å². The molecular formula is C26H25N3O6S2. The van der Waals surface area contributed by atoms with Crippen LogP contribution in [0.2, 0.25) is 0 Å². The van der Waals surface area contributed by atoms with Crippen LogP contribution in [0, 0.1) is 0 Å². The topological polar surface area (TPSA) is 107 Å². The fourth-order valence-corrected chi connectivity index (χ4v) is 5.85. The Hall–Kier alpha value is -3.80. The first-order chi connectivity index (χ1) is 17.7. The molecule has 4 rings (SSSR count). The fourth-order valence-electron chi connectivity index (χ4n) is 3.64. The first-order valence-corrected chi connectivity index (χ1v) is 13.4. The van der Waals surface area contributed by atoms with Gasteiger partial charge < -0.3 is 14.0 Å². The number of hydrogen-bond donors (Lipinski definition) is 0. The second-order valence-electron chi connectivity index (χ2n) is 8.07. The second-order valence-corrected chi connectivity index (χ2v) is 11.1. The van der Waals surface area contributed by atoms with Gasteiger partial charge in [-0.2, -0.15) is 9.30 Å². The number of amides is 1. The van der Waals surface area contributed by atoms with Crippen LogP contribution >= 0.6 is 11.3 Å². The maximum absolute atomic E-state index is 13.0. The minimum atomic E-state index is -3.76. The predicted molar refractivity (Wildman–Crippen MR) is 140 cm³/mol. The molecule has 0 aliphatic heterocycles. The summed E-state index contributed by atoms with van der Waals surface area (Å²) in [6.45, 7) is 0.0932. The normalized spacial score (nSPS) is 12.2. The molecule has 1 aromatic heterocycles. The highest BCUT2D eigenvalue weighted by molar-refractivity contribution is 7.89. The summed E-state index contributed by atoms with van der Waals surface area (Å²) in [5, 5.41) is 0. The van der Waals surface area contributed by atoms with Gasteiger partial charge in [0.25, 0.3) is 5.91 Å². The van der Waals surface area contributed by atoms with Crippen LogP contribution in [0.25, 0.3) is 10.2 Å². The van der Waals surface area contributed by atoms with E-state index in [9.17, 15) is 18.0 Å². The summed E-state index contributed by atoms with van der Waals surface area (Å²) in [4.78, 5) is 29.6. The Labute approximate surface area is 218 Å². The van der Waals surface area contributed by atoms with E-state index < -0.39 is 21.9 Å². The molecule has 4 aromatic rings. The number of nitrogens with zero attached hydrogens (tertiary/aromatic N) is 3. The van der Waals surface area contributed by atoms with E-state index in [0.717, 1.165) is 10.3 Å². The number of methoxy groups -OCH3 is 2. The Morgan fingerprint density at radius 1 is 1.00 bits per heavy atom. The van der Waals surface area contributed by atoms with E-state index in [1.54, 1.807) is 29.9 Å². The molecule has 3 aromatic carbocycles. The number of carbonyl (C=O) groups excluding carboxylic acids is 2. The van der Waals surface area contributed by atoms with Crippen molar-refractivity contribution in [3.05, 3.63) is 88.7 Å². The number of esters is 1. The Bertz CT molecular complexity index is 1610. The number of ether oxygens (including phenoxy) is 2. The Balaban J connectivity index is 1.63. The summed E-state index contributed by atoms with van der Waals surface area (Å²) in [5.74, 6) is -0.428. The van der Waals surface area contributed by atoms with Gasteiger partial charge in [0, 0.05) is 19.2 Å². The lowest BCUT2D eigenvalue weighted by molar-refractivity contribution is -0.141. The minimum absolute atomic E-state index is 0.0668. The molecule has 0 spiro atoms. The van der Waals surface area contributed by atoms with E-state index in [2.05, 4.69) is 4.99 Å². The van der Waals surface area contributed by atoms with Crippen LogP contribution in [-0.4, -0.2) is 50.4 Å². The molecule has 37 heavy (non-hydrogen) atoms. The van der Waals surface area contributed by atoms with Crippen molar-refractivity contribution in [2.24, 2.45) is 4.99 Å². The van der Waals surface area contributed by atoms with Crippen molar-refractivity contribution in [3.8, 4) is 5.75 Å². The molecule has 0 fully saturated rings. The molecule has 0 unspecified atom stereocenters. The predicted octanol–water partition coefficient (Wildman–Crippen LogP) is 3.45. The Kier molecular flexibility index (Phi) is 7.86. The van der Waals surface area contributed by atoms with Gasteiger partial charge in [-0.1, -0.05) is 41.7 Å². The van der Waals surface area contributed by atoms with Crippen LogP contribution in [0.1, 0.15) is 15.9 Å². The van der Waals surface area contributed by atoms with Crippen LogP contribution in [0.5, 0.6) is 5.75 Å². The number of carbonyl (C=O) groups is 2. The maximum Gasteiger partial charge on any atom is 0.325 e. The summed E-state index contributed by atoms with van der Waals surface area (Å²) in [7, 11) is 0.586. The largest absolute Gasteiger partial charge is 0.497 e.